The van der Waals surface area contributed by atoms with Crippen LogP contribution in [-0.4, -0.2) is 63.6 Å². The number of hydrogen-bond acceptors (Lipinski definition) is 11. The van der Waals surface area contributed by atoms with E-state index in [1.165, 1.54) is 24.3 Å². The number of thiazole rings is 1. The van der Waals surface area contributed by atoms with E-state index in [0.29, 0.717) is 23.3 Å². The predicted octanol–water partition coefficient (Wildman–Crippen LogP) is -1.94. The molecule has 1 aliphatic carbocycles. The second-order valence-corrected chi connectivity index (χ2v) is 10.8. The second kappa shape index (κ2) is 10.1. The molecular formula is C23H23N7O6S2. The highest BCUT2D eigenvalue weighted by atomic mass is 32.2. The van der Waals surface area contributed by atoms with Crippen molar-refractivity contribution in [3.05, 3.63) is 51.4 Å². The Balaban J connectivity index is 1.38. The Morgan fingerprint density at radius 3 is 2.82 bits per heavy atom. The number of thioether (sulfide) groups is 1. The lowest BCUT2D eigenvalue weighted by Crippen LogP contribution is -2.71. The van der Waals surface area contributed by atoms with Gasteiger partial charge in [0.05, 0.1) is 17.2 Å². The Morgan fingerprint density at radius 2 is 2.16 bits per heavy atom. The number of carbonyl (C=O) groups is 4. The molecular weight excluding hydrogens is 534 g/mol. The van der Waals surface area contributed by atoms with Crippen LogP contribution in [0.2, 0.25) is 0 Å². The highest BCUT2D eigenvalue weighted by Gasteiger charge is 2.53. The van der Waals surface area contributed by atoms with Crippen molar-refractivity contribution in [1.82, 2.24) is 15.2 Å². The highest BCUT2D eigenvalue weighted by Crippen LogP contribution is 2.40. The number of anilines is 1. The van der Waals surface area contributed by atoms with Crippen molar-refractivity contribution >= 4 is 57.6 Å². The highest BCUT2D eigenvalue weighted by molar-refractivity contribution is 8.00. The number of carbonyl (C=O) groups excluding carboxylic acids is 4. The normalized spacial score (nSPS) is 20.5. The minimum Gasteiger partial charge on any atom is -0.543 e. The van der Waals surface area contributed by atoms with Gasteiger partial charge >= 0.3 is 0 Å². The Hall–Kier alpha value is -3.98. The molecule has 2 aromatic rings. The fourth-order valence-corrected chi connectivity index (χ4v) is 6.85. The number of aromatic nitrogens is 2. The summed E-state index contributed by atoms with van der Waals surface area (Å²) in [6.07, 6.45) is 4.01. The van der Waals surface area contributed by atoms with Gasteiger partial charge in [-0.15, -0.1) is 23.1 Å². The SMILES string of the molecule is CO/N=C(\C(=O)N[C@@H]1C(=O)N2C(C(=O)[O-])=C(C[n+]3ccc(C(N)=O)c4c3CCC4)CS[C@H]12)c1csc(N)n1. The zero-order valence-corrected chi connectivity index (χ0v) is 21.8. The summed E-state index contributed by atoms with van der Waals surface area (Å²) in [5.41, 5.74) is 13.7. The molecule has 2 aromatic heterocycles. The summed E-state index contributed by atoms with van der Waals surface area (Å²) in [6.45, 7) is 0.209. The molecule has 2 atom stereocenters. The Labute approximate surface area is 224 Å². The third-order valence-electron chi connectivity index (χ3n) is 6.60. The smallest absolute Gasteiger partial charge is 0.276 e. The lowest BCUT2D eigenvalue weighted by Gasteiger charge is -2.50. The zero-order valence-electron chi connectivity index (χ0n) is 20.1. The summed E-state index contributed by atoms with van der Waals surface area (Å²) in [6, 6.07) is 0.660. The third kappa shape index (κ3) is 4.36. The minimum atomic E-state index is -1.48. The lowest BCUT2D eigenvalue weighted by atomic mass is 10.0. The fraction of sp³-hybridized carbons (Fsp3) is 0.348. The quantitative estimate of drug-likeness (QED) is 0.143. The number of carboxylic acid groups (broad SMARTS) is 1. The molecule has 38 heavy (non-hydrogen) atoms. The molecule has 2 aliphatic heterocycles. The van der Waals surface area contributed by atoms with Crippen molar-refractivity contribution in [3.8, 4) is 0 Å². The van der Waals surface area contributed by atoms with E-state index >= 15 is 0 Å². The average molecular weight is 558 g/mol. The van der Waals surface area contributed by atoms with Crippen LogP contribution in [-0.2, 0) is 38.6 Å². The molecule has 3 aliphatic rings. The molecule has 0 aromatic carbocycles. The Bertz CT molecular complexity index is 1440. The summed E-state index contributed by atoms with van der Waals surface area (Å²) in [4.78, 5) is 59.9. The molecule has 198 valence electrons. The summed E-state index contributed by atoms with van der Waals surface area (Å²) >= 11 is 2.45. The van der Waals surface area contributed by atoms with Gasteiger partial charge < -0.3 is 31.5 Å². The van der Waals surface area contributed by atoms with Crippen LogP contribution < -0.4 is 26.5 Å². The first-order chi connectivity index (χ1) is 18.2. The lowest BCUT2D eigenvalue weighted by molar-refractivity contribution is -0.696. The van der Waals surface area contributed by atoms with E-state index in [4.69, 9.17) is 16.3 Å². The molecule has 0 bridgehead atoms. The number of nitrogens with zero attached hydrogens (tertiary/aromatic N) is 4. The van der Waals surface area contributed by atoms with Gasteiger partial charge in [-0.25, -0.2) is 4.98 Å². The summed E-state index contributed by atoms with van der Waals surface area (Å²) in [5.74, 6) is -2.97. The maximum absolute atomic E-state index is 13.1. The average Bonchev–Trinajstić information content (AvgIpc) is 3.54. The molecule has 5 N–H and O–H groups in total. The Kier molecular flexibility index (Phi) is 6.79. The number of nitrogens with two attached hydrogens (primary N) is 2. The van der Waals surface area contributed by atoms with Crippen LogP contribution in [0.5, 0.6) is 0 Å². The number of fused-ring (bicyclic) bond motifs is 2. The molecule has 0 unspecified atom stereocenters. The molecule has 0 radical (unpaired) electrons. The maximum Gasteiger partial charge on any atom is 0.276 e. The van der Waals surface area contributed by atoms with Crippen LogP contribution in [0, 0.1) is 0 Å². The molecule has 15 heteroatoms. The molecule has 4 heterocycles. The fourth-order valence-electron chi connectivity index (χ4n) is 4.97. The van der Waals surface area contributed by atoms with Crippen molar-refractivity contribution in [2.75, 3.05) is 18.6 Å². The number of pyridine rings is 1. The van der Waals surface area contributed by atoms with Crippen LogP contribution in [0.25, 0.3) is 0 Å². The van der Waals surface area contributed by atoms with Gasteiger partial charge in [0.2, 0.25) is 5.91 Å². The molecule has 5 rings (SSSR count). The maximum atomic E-state index is 13.1. The first-order valence-corrected chi connectivity index (χ1v) is 13.5. The van der Waals surface area contributed by atoms with E-state index in [2.05, 4.69) is 15.5 Å². The number of oxime groups is 1. The topological polar surface area (TPSA) is 197 Å². The Morgan fingerprint density at radius 1 is 1.37 bits per heavy atom. The van der Waals surface area contributed by atoms with E-state index in [1.807, 2.05) is 4.57 Å². The van der Waals surface area contributed by atoms with Crippen molar-refractivity contribution in [1.29, 1.82) is 0 Å². The molecule has 3 amide bonds. The number of primary amides is 1. The van der Waals surface area contributed by atoms with Gasteiger partial charge in [-0.05, 0) is 12.8 Å². The molecule has 1 saturated heterocycles. The summed E-state index contributed by atoms with van der Waals surface area (Å²) in [5, 5.41) is 19.6. The van der Waals surface area contributed by atoms with Gasteiger partial charge in [-0.2, -0.15) is 4.57 Å². The monoisotopic (exact) mass is 557 g/mol. The van der Waals surface area contributed by atoms with Gasteiger partial charge in [-0.1, -0.05) is 5.16 Å². The number of carboxylic acids is 1. The number of amides is 3. The van der Waals surface area contributed by atoms with Crippen LogP contribution in [0.1, 0.15) is 33.7 Å². The van der Waals surface area contributed by atoms with Gasteiger partial charge in [0.1, 0.15) is 24.2 Å². The molecule has 1 fully saturated rings. The van der Waals surface area contributed by atoms with Crippen LogP contribution in [0.3, 0.4) is 0 Å². The van der Waals surface area contributed by atoms with E-state index in [0.717, 1.165) is 40.3 Å². The standard InChI is InChI=1S/C23H23N7O6S2/c1-36-28-15(13-9-38-23(25)26-13)19(32)27-16-20(33)30-17(22(34)35)10(8-37-21(16)30)7-29-6-5-12(18(24)31)11-3-2-4-14(11)29/h5-6,9,16,21H,2-4,7-8H2,1H3,(H5-,24,25,26,27,31,32,34,35)/b28-15-/t16-,21-/m1/s1. The first-order valence-electron chi connectivity index (χ1n) is 11.6. The number of hydrogen-bond donors (Lipinski definition) is 3. The number of nitrogens with one attached hydrogen (secondary N) is 1. The second-order valence-electron chi connectivity index (χ2n) is 8.79. The summed E-state index contributed by atoms with van der Waals surface area (Å²) in [7, 11) is 1.27. The number of aliphatic carboxylic acids is 1. The zero-order chi connectivity index (χ0) is 27.1. The molecule has 0 spiro atoms. The third-order valence-corrected chi connectivity index (χ3v) is 8.61. The summed E-state index contributed by atoms with van der Waals surface area (Å²) < 4.78 is 1.89. The number of nitrogen functional groups attached to an aromatic ring is 1. The predicted molar refractivity (Wildman–Crippen MR) is 134 cm³/mol. The van der Waals surface area contributed by atoms with Crippen molar-refractivity contribution in [2.45, 2.75) is 37.2 Å². The van der Waals surface area contributed by atoms with Gasteiger partial charge in [0.25, 0.3) is 11.8 Å². The van der Waals surface area contributed by atoms with Gasteiger partial charge in [0, 0.05) is 34.8 Å². The van der Waals surface area contributed by atoms with Crippen LogP contribution in [0.15, 0.2) is 34.1 Å². The van der Waals surface area contributed by atoms with Gasteiger partial charge in [-0.3, -0.25) is 19.3 Å². The minimum absolute atomic E-state index is 0.159. The van der Waals surface area contributed by atoms with Crippen LogP contribution in [0.4, 0.5) is 5.13 Å². The molecule has 13 nitrogen and oxygen atoms in total. The van der Waals surface area contributed by atoms with E-state index in [1.54, 1.807) is 12.3 Å². The van der Waals surface area contributed by atoms with Crippen molar-refractivity contribution < 1.29 is 33.7 Å². The van der Waals surface area contributed by atoms with Crippen molar-refractivity contribution in [2.24, 2.45) is 10.9 Å². The van der Waals surface area contributed by atoms with E-state index in [-0.39, 0.29) is 28.8 Å². The van der Waals surface area contributed by atoms with Gasteiger partial charge in [0.15, 0.2) is 29.3 Å². The van der Waals surface area contributed by atoms with E-state index in [9.17, 15) is 24.3 Å². The van der Waals surface area contributed by atoms with E-state index < -0.39 is 35.1 Å². The number of rotatable bonds is 8. The largest absolute Gasteiger partial charge is 0.543 e. The van der Waals surface area contributed by atoms with Crippen molar-refractivity contribution in [3.63, 3.8) is 0 Å². The molecule has 0 saturated carbocycles. The first kappa shape index (κ1) is 25.7. The number of β-lactam (4-membered cyclic amide) rings is 1. The van der Waals surface area contributed by atoms with Crippen LogP contribution >= 0.6 is 23.1 Å².